The number of fused-ring (bicyclic) bond motifs is 2. The number of hydrogen-bond acceptors (Lipinski definition) is 3. The molecule has 0 spiro atoms. The molecule has 30 heavy (non-hydrogen) atoms. The fourth-order valence-electron chi connectivity index (χ4n) is 4.06. The number of rotatable bonds is 4. The predicted octanol–water partition coefficient (Wildman–Crippen LogP) is 4.26. The Morgan fingerprint density at radius 2 is 1.93 bits per heavy atom. The molecule has 2 aromatic carbocycles. The molecule has 0 bridgehead atoms. The lowest BCUT2D eigenvalue weighted by atomic mass is 9.88. The molecule has 1 aliphatic carbocycles. The zero-order valence-electron chi connectivity index (χ0n) is 15.9. The van der Waals surface area contributed by atoms with E-state index in [0.29, 0.717) is 27.4 Å². The van der Waals surface area contributed by atoms with Crippen molar-refractivity contribution in [1.82, 2.24) is 5.32 Å². The van der Waals surface area contributed by atoms with Crippen molar-refractivity contribution in [2.24, 2.45) is 0 Å². The summed E-state index contributed by atoms with van der Waals surface area (Å²) >= 11 is 5.98. The normalized spacial score (nSPS) is 21.4. The van der Waals surface area contributed by atoms with Crippen LogP contribution < -0.4 is 15.4 Å². The second kappa shape index (κ2) is 8.00. The molecular weight excluding hydrogens is 421 g/mol. The summed E-state index contributed by atoms with van der Waals surface area (Å²) in [5.41, 5.74) is 0.133. The van der Waals surface area contributed by atoms with Gasteiger partial charge in [-0.1, -0.05) is 17.7 Å². The smallest absolute Gasteiger partial charge is 0.319 e. The van der Waals surface area contributed by atoms with Gasteiger partial charge in [0.25, 0.3) is 0 Å². The molecule has 0 fully saturated rings. The molecule has 2 atom stereocenters. The average Bonchev–Trinajstić information content (AvgIpc) is 3.12. The predicted molar refractivity (Wildman–Crippen MR) is 106 cm³/mol. The Hall–Kier alpha value is -2.45. The molecule has 0 aromatic heterocycles. The van der Waals surface area contributed by atoms with Crippen LogP contribution in [0, 0.1) is 5.82 Å². The summed E-state index contributed by atoms with van der Waals surface area (Å²) in [4.78, 5) is 12.7. The van der Waals surface area contributed by atoms with Crippen LogP contribution in [-0.4, -0.2) is 36.2 Å². The van der Waals surface area contributed by atoms with Crippen molar-refractivity contribution in [3.05, 3.63) is 57.9 Å². The molecule has 1 aliphatic heterocycles. The van der Waals surface area contributed by atoms with E-state index in [1.54, 1.807) is 12.1 Å². The van der Waals surface area contributed by atoms with Crippen molar-refractivity contribution in [3.8, 4) is 5.75 Å². The SMILES string of the molecule is O=C(Nc1ccc(F)c2c1C[C@H](O)C2)N[C@@H]1CC(CF)(CF)Oc2cc(Cl)ccc21. The first-order valence-electron chi connectivity index (χ1n) is 9.50. The third-order valence-corrected chi connectivity index (χ3v) is 5.78. The Morgan fingerprint density at radius 3 is 2.67 bits per heavy atom. The molecule has 0 saturated heterocycles. The van der Waals surface area contributed by atoms with Crippen molar-refractivity contribution in [2.75, 3.05) is 18.7 Å². The van der Waals surface area contributed by atoms with Crippen LogP contribution in [-0.2, 0) is 12.8 Å². The lowest BCUT2D eigenvalue weighted by Crippen LogP contribution is -2.49. The summed E-state index contributed by atoms with van der Waals surface area (Å²) in [6.07, 6.45) is -0.402. The largest absolute Gasteiger partial charge is 0.481 e. The summed E-state index contributed by atoms with van der Waals surface area (Å²) in [5.74, 6) is -0.224. The lowest BCUT2D eigenvalue weighted by Gasteiger charge is -2.39. The first kappa shape index (κ1) is 20.8. The molecule has 0 unspecified atom stereocenters. The van der Waals surface area contributed by atoms with Crippen LogP contribution in [0.3, 0.4) is 0 Å². The molecule has 2 aliphatic rings. The number of urea groups is 1. The fourth-order valence-corrected chi connectivity index (χ4v) is 4.23. The van der Waals surface area contributed by atoms with Gasteiger partial charge in [-0.15, -0.1) is 0 Å². The highest BCUT2D eigenvalue weighted by Gasteiger charge is 2.42. The van der Waals surface area contributed by atoms with Crippen LogP contribution in [0.25, 0.3) is 0 Å². The first-order chi connectivity index (χ1) is 14.3. The number of carbonyl (C=O) groups excluding carboxylic acids is 1. The standard InChI is InChI=1S/C21H20ClF3N2O3/c22-11-1-2-13-18(8-21(9-23,10-24)30-19(13)5-11)27-20(29)26-17-4-3-16(25)14-6-12(28)7-15(14)17/h1-5,12,18,28H,6-10H2,(H2,26,27,29)/t12-,18-/m1/s1. The lowest BCUT2D eigenvalue weighted by molar-refractivity contribution is -0.0104. The Bertz CT molecular complexity index is 984. The summed E-state index contributed by atoms with van der Waals surface area (Å²) in [6.45, 7) is -2.14. The van der Waals surface area contributed by atoms with E-state index in [0.717, 1.165) is 0 Å². The number of aliphatic hydroxyl groups excluding tert-OH is 1. The number of halogens is 4. The highest BCUT2D eigenvalue weighted by atomic mass is 35.5. The maximum Gasteiger partial charge on any atom is 0.319 e. The minimum atomic E-state index is -1.71. The van der Waals surface area contributed by atoms with E-state index in [1.165, 1.54) is 18.2 Å². The third-order valence-electron chi connectivity index (χ3n) is 5.55. The summed E-state index contributed by atoms with van der Waals surface area (Å²) in [5, 5.41) is 15.6. The molecule has 9 heteroatoms. The minimum Gasteiger partial charge on any atom is -0.481 e. The molecule has 0 saturated carbocycles. The number of carbonyl (C=O) groups is 1. The van der Waals surface area contributed by atoms with Crippen LogP contribution in [0.15, 0.2) is 30.3 Å². The zero-order valence-corrected chi connectivity index (χ0v) is 16.6. The molecule has 160 valence electrons. The van der Waals surface area contributed by atoms with Gasteiger partial charge in [0.2, 0.25) is 0 Å². The van der Waals surface area contributed by atoms with Gasteiger partial charge >= 0.3 is 6.03 Å². The molecule has 1 heterocycles. The zero-order chi connectivity index (χ0) is 21.5. The van der Waals surface area contributed by atoms with Gasteiger partial charge in [0.15, 0.2) is 5.60 Å². The topological polar surface area (TPSA) is 70.6 Å². The van der Waals surface area contributed by atoms with Crippen molar-refractivity contribution >= 4 is 23.3 Å². The summed E-state index contributed by atoms with van der Waals surface area (Å²) in [7, 11) is 0. The number of nitrogens with one attached hydrogen (secondary N) is 2. The molecule has 4 rings (SSSR count). The Morgan fingerprint density at radius 1 is 1.20 bits per heavy atom. The number of amides is 2. The third kappa shape index (κ3) is 3.81. The maximum absolute atomic E-state index is 14.0. The number of anilines is 1. The highest BCUT2D eigenvalue weighted by molar-refractivity contribution is 6.30. The van der Waals surface area contributed by atoms with E-state index in [-0.39, 0.29) is 25.0 Å². The van der Waals surface area contributed by atoms with Crippen molar-refractivity contribution in [3.63, 3.8) is 0 Å². The van der Waals surface area contributed by atoms with Crippen LogP contribution in [0.1, 0.15) is 29.2 Å². The number of alkyl halides is 2. The van der Waals surface area contributed by atoms with Crippen molar-refractivity contribution < 1.29 is 27.8 Å². The maximum atomic E-state index is 14.0. The molecular formula is C21H20ClF3N2O3. The van der Waals surface area contributed by atoms with E-state index in [4.69, 9.17) is 16.3 Å². The number of hydrogen-bond donors (Lipinski definition) is 3. The van der Waals surface area contributed by atoms with Crippen LogP contribution >= 0.6 is 11.6 Å². The second-order valence-electron chi connectivity index (χ2n) is 7.70. The van der Waals surface area contributed by atoms with Gasteiger partial charge in [0, 0.05) is 35.5 Å². The van der Waals surface area contributed by atoms with Gasteiger partial charge in [0.1, 0.15) is 24.9 Å². The fraction of sp³-hybridized carbons (Fsp3) is 0.381. The number of aliphatic hydroxyl groups is 1. The van der Waals surface area contributed by atoms with Gasteiger partial charge in [-0.3, -0.25) is 0 Å². The van der Waals surface area contributed by atoms with Crippen LogP contribution in [0.2, 0.25) is 5.02 Å². The van der Waals surface area contributed by atoms with E-state index in [1.807, 2.05) is 0 Å². The minimum absolute atomic E-state index is 0.109. The molecule has 0 radical (unpaired) electrons. The first-order valence-corrected chi connectivity index (χ1v) is 9.88. The van der Waals surface area contributed by atoms with E-state index < -0.39 is 42.9 Å². The van der Waals surface area contributed by atoms with E-state index in [9.17, 15) is 23.1 Å². The Kier molecular flexibility index (Phi) is 5.55. The van der Waals surface area contributed by atoms with Gasteiger partial charge in [0.05, 0.1) is 12.1 Å². The monoisotopic (exact) mass is 440 g/mol. The molecule has 3 N–H and O–H groups in total. The van der Waals surface area contributed by atoms with E-state index in [2.05, 4.69) is 10.6 Å². The summed E-state index contributed by atoms with van der Waals surface area (Å²) in [6, 6.07) is 6.00. The van der Waals surface area contributed by atoms with Gasteiger partial charge in [-0.2, -0.15) is 0 Å². The second-order valence-corrected chi connectivity index (χ2v) is 8.14. The molecule has 2 amide bonds. The van der Waals surface area contributed by atoms with Crippen LogP contribution in [0.5, 0.6) is 5.75 Å². The Balaban J connectivity index is 1.57. The number of ether oxygens (including phenoxy) is 1. The van der Waals surface area contributed by atoms with Gasteiger partial charge in [-0.25, -0.2) is 18.0 Å². The quantitative estimate of drug-likeness (QED) is 0.665. The average molecular weight is 441 g/mol. The van der Waals surface area contributed by atoms with Gasteiger partial charge in [-0.05, 0) is 35.4 Å². The van der Waals surface area contributed by atoms with Gasteiger partial charge < -0.3 is 20.5 Å². The van der Waals surface area contributed by atoms with Crippen molar-refractivity contribution in [2.45, 2.75) is 37.0 Å². The van der Waals surface area contributed by atoms with Crippen molar-refractivity contribution in [1.29, 1.82) is 0 Å². The summed E-state index contributed by atoms with van der Waals surface area (Å²) < 4.78 is 46.8. The van der Waals surface area contributed by atoms with E-state index >= 15 is 0 Å². The number of benzene rings is 2. The highest BCUT2D eigenvalue weighted by Crippen LogP contribution is 2.41. The Labute approximate surface area is 176 Å². The molecule has 5 nitrogen and oxygen atoms in total. The molecule has 2 aromatic rings. The van der Waals surface area contributed by atoms with Crippen LogP contribution in [0.4, 0.5) is 23.7 Å².